The van der Waals surface area contributed by atoms with Gasteiger partial charge in [-0.2, -0.15) is 0 Å². The summed E-state index contributed by atoms with van der Waals surface area (Å²) in [5.41, 5.74) is 1.97. The van der Waals surface area contributed by atoms with Crippen LogP contribution in [0.15, 0.2) is 24.3 Å². The zero-order chi connectivity index (χ0) is 16.8. The zero-order valence-electron chi connectivity index (χ0n) is 14.9. The maximum atomic E-state index is 12.3. The van der Waals surface area contributed by atoms with Gasteiger partial charge in [-0.1, -0.05) is 0 Å². The molecule has 1 N–H and O–H groups in total. The zero-order valence-corrected chi connectivity index (χ0v) is 14.9. The fraction of sp³-hybridized carbons (Fsp3) is 0.611. The van der Waals surface area contributed by atoms with Gasteiger partial charge in [0.25, 0.3) is 5.91 Å². The molecule has 1 aromatic carbocycles. The molecule has 1 aliphatic rings. The van der Waals surface area contributed by atoms with Crippen LogP contribution in [0.4, 0.5) is 5.69 Å². The van der Waals surface area contributed by atoms with Crippen LogP contribution in [0.2, 0.25) is 0 Å². The molecule has 1 aliphatic heterocycles. The highest BCUT2D eigenvalue weighted by atomic mass is 16.2. The Hall–Kier alpha value is -1.59. The summed E-state index contributed by atoms with van der Waals surface area (Å²) < 4.78 is 0. The van der Waals surface area contributed by atoms with Crippen molar-refractivity contribution in [1.29, 1.82) is 0 Å². The third-order valence-electron chi connectivity index (χ3n) is 4.57. The van der Waals surface area contributed by atoms with E-state index in [1.165, 1.54) is 5.69 Å². The van der Waals surface area contributed by atoms with Gasteiger partial charge in [0, 0.05) is 63.6 Å². The first-order valence-corrected chi connectivity index (χ1v) is 8.52. The summed E-state index contributed by atoms with van der Waals surface area (Å²) in [5, 5.41) is 3.06. The number of piperazine rings is 1. The molecule has 2 rings (SSSR count). The summed E-state index contributed by atoms with van der Waals surface area (Å²) in [6.07, 6.45) is 0. The average molecular weight is 318 g/mol. The fourth-order valence-electron chi connectivity index (χ4n) is 2.91. The molecular formula is C18H30N4O. The van der Waals surface area contributed by atoms with Crippen LogP contribution >= 0.6 is 0 Å². The number of hydrogen-bond acceptors (Lipinski definition) is 4. The number of carbonyl (C=O) groups is 1. The lowest BCUT2D eigenvalue weighted by molar-refractivity contribution is 0.0797. The Balaban J connectivity index is 1.93. The largest absolute Gasteiger partial charge is 0.369 e. The second-order valence-corrected chi connectivity index (χ2v) is 6.49. The molecule has 1 aromatic rings. The average Bonchev–Trinajstić information content (AvgIpc) is 2.59. The van der Waals surface area contributed by atoms with Gasteiger partial charge < -0.3 is 15.1 Å². The maximum absolute atomic E-state index is 12.3. The van der Waals surface area contributed by atoms with Crippen LogP contribution in [0.1, 0.15) is 24.2 Å². The van der Waals surface area contributed by atoms with Crippen molar-refractivity contribution in [2.75, 3.05) is 58.3 Å². The smallest absolute Gasteiger partial charge is 0.253 e. The van der Waals surface area contributed by atoms with Gasteiger partial charge >= 0.3 is 0 Å². The Morgan fingerprint density at radius 3 is 2.30 bits per heavy atom. The predicted octanol–water partition coefficient (Wildman–Crippen LogP) is 1.51. The van der Waals surface area contributed by atoms with Gasteiger partial charge in [0.15, 0.2) is 0 Å². The van der Waals surface area contributed by atoms with E-state index in [4.69, 9.17) is 0 Å². The highest BCUT2D eigenvalue weighted by molar-refractivity contribution is 5.94. The first kappa shape index (κ1) is 17.8. The van der Waals surface area contributed by atoms with Gasteiger partial charge in [-0.15, -0.1) is 0 Å². The molecule has 1 saturated heterocycles. The summed E-state index contributed by atoms with van der Waals surface area (Å²) in [4.78, 5) is 19.0. The molecule has 0 aliphatic carbocycles. The monoisotopic (exact) mass is 318 g/mol. The van der Waals surface area contributed by atoms with E-state index >= 15 is 0 Å². The quantitative estimate of drug-likeness (QED) is 0.863. The maximum Gasteiger partial charge on any atom is 0.253 e. The summed E-state index contributed by atoms with van der Waals surface area (Å²) in [7, 11) is 3.74. The topological polar surface area (TPSA) is 38.8 Å². The number of hydrogen-bond donors (Lipinski definition) is 1. The van der Waals surface area contributed by atoms with E-state index in [0.717, 1.165) is 38.3 Å². The lowest BCUT2D eigenvalue weighted by atomic mass is 10.1. The van der Waals surface area contributed by atoms with E-state index in [9.17, 15) is 4.79 Å². The molecule has 23 heavy (non-hydrogen) atoms. The summed E-state index contributed by atoms with van der Waals surface area (Å²) in [6, 6.07) is 8.66. The molecule has 1 heterocycles. The van der Waals surface area contributed by atoms with Crippen molar-refractivity contribution in [3.05, 3.63) is 29.8 Å². The second-order valence-electron chi connectivity index (χ2n) is 6.49. The highest BCUT2D eigenvalue weighted by Crippen LogP contribution is 2.18. The van der Waals surface area contributed by atoms with Gasteiger partial charge in [0.1, 0.15) is 0 Å². The van der Waals surface area contributed by atoms with Crippen molar-refractivity contribution >= 4 is 11.6 Å². The standard InChI is InChI=1S/C18H30N4O/c1-15(2)21-11-13-22(14-12-21)17-7-5-16(6-8-17)18(23)20(4)10-9-19-3/h5-8,15,19H,9-14H2,1-4H3. The normalized spacial score (nSPS) is 16.0. The first-order valence-electron chi connectivity index (χ1n) is 8.52. The lowest BCUT2D eigenvalue weighted by Crippen LogP contribution is -2.48. The Morgan fingerprint density at radius 1 is 1.17 bits per heavy atom. The number of rotatable bonds is 6. The molecule has 1 amide bonds. The Kier molecular flexibility index (Phi) is 6.42. The van der Waals surface area contributed by atoms with Crippen molar-refractivity contribution in [1.82, 2.24) is 15.1 Å². The van der Waals surface area contributed by atoms with E-state index in [1.807, 2.05) is 26.2 Å². The molecule has 0 saturated carbocycles. The molecule has 5 heteroatoms. The summed E-state index contributed by atoms with van der Waals surface area (Å²) in [5.74, 6) is 0.0800. The number of nitrogens with one attached hydrogen (secondary N) is 1. The minimum Gasteiger partial charge on any atom is -0.369 e. The van der Waals surface area contributed by atoms with Crippen LogP contribution < -0.4 is 10.2 Å². The van der Waals surface area contributed by atoms with Gasteiger partial charge in [-0.3, -0.25) is 9.69 Å². The first-order chi connectivity index (χ1) is 11.0. The molecule has 0 radical (unpaired) electrons. The fourth-order valence-corrected chi connectivity index (χ4v) is 2.91. The van der Waals surface area contributed by atoms with Crippen LogP contribution in [-0.4, -0.2) is 75.1 Å². The second kappa shape index (κ2) is 8.31. The van der Waals surface area contributed by atoms with E-state index < -0.39 is 0 Å². The Bertz CT molecular complexity index is 492. The minimum absolute atomic E-state index is 0.0800. The van der Waals surface area contributed by atoms with Gasteiger partial charge in [-0.05, 0) is 45.2 Å². The summed E-state index contributed by atoms with van der Waals surface area (Å²) >= 11 is 0. The molecule has 1 fully saturated rings. The van der Waals surface area contributed by atoms with Crippen molar-refractivity contribution in [3.8, 4) is 0 Å². The number of nitrogens with zero attached hydrogens (tertiary/aromatic N) is 3. The molecule has 0 bridgehead atoms. The van der Waals surface area contributed by atoms with Gasteiger partial charge in [-0.25, -0.2) is 0 Å². The van der Waals surface area contributed by atoms with E-state index in [2.05, 4.69) is 41.1 Å². The number of anilines is 1. The summed E-state index contributed by atoms with van der Waals surface area (Å²) in [6.45, 7) is 10.3. The van der Waals surface area contributed by atoms with Crippen LogP contribution in [0.25, 0.3) is 0 Å². The molecule has 128 valence electrons. The van der Waals surface area contributed by atoms with E-state index in [0.29, 0.717) is 12.6 Å². The van der Waals surface area contributed by atoms with E-state index in [1.54, 1.807) is 4.90 Å². The molecule has 0 spiro atoms. The molecular weight excluding hydrogens is 288 g/mol. The Labute approximate surface area is 140 Å². The third-order valence-corrected chi connectivity index (χ3v) is 4.57. The van der Waals surface area contributed by atoms with Crippen molar-refractivity contribution in [3.63, 3.8) is 0 Å². The van der Waals surface area contributed by atoms with E-state index in [-0.39, 0.29) is 5.91 Å². The molecule has 5 nitrogen and oxygen atoms in total. The van der Waals surface area contributed by atoms with Gasteiger partial charge in [0.2, 0.25) is 0 Å². The number of amides is 1. The minimum atomic E-state index is 0.0800. The van der Waals surface area contributed by atoms with Crippen molar-refractivity contribution in [2.24, 2.45) is 0 Å². The molecule has 0 atom stereocenters. The van der Waals surface area contributed by atoms with Crippen LogP contribution in [0, 0.1) is 0 Å². The van der Waals surface area contributed by atoms with Crippen LogP contribution in [0.3, 0.4) is 0 Å². The van der Waals surface area contributed by atoms with Crippen molar-refractivity contribution < 1.29 is 4.79 Å². The van der Waals surface area contributed by atoms with Gasteiger partial charge in [0.05, 0.1) is 0 Å². The lowest BCUT2D eigenvalue weighted by Gasteiger charge is -2.38. The Morgan fingerprint density at radius 2 is 1.78 bits per heavy atom. The molecule has 0 aromatic heterocycles. The highest BCUT2D eigenvalue weighted by Gasteiger charge is 2.19. The van der Waals surface area contributed by atoms with Crippen molar-refractivity contribution in [2.45, 2.75) is 19.9 Å². The number of likely N-dealkylation sites (N-methyl/N-ethyl adjacent to an activating group) is 2. The number of benzene rings is 1. The van der Waals surface area contributed by atoms with Crippen LogP contribution in [-0.2, 0) is 0 Å². The SMILES string of the molecule is CNCCN(C)C(=O)c1ccc(N2CCN(C(C)C)CC2)cc1. The number of carbonyl (C=O) groups excluding carboxylic acids is 1. The molecule has 0 unspecified atom stereocenters. The third kappa shape index (κ3) is 4.69. The predicted molar refractivity (Wildman–Crippen MR) is 96.3 cm³/mol. The van der Waals surface area contributed by atoms with Crippen LogP contribution in [0.5, 0.6) is 0 Å².